The number of carbonyl (C=O) groups is 1. The van der Waals surface area contributed by atoms with Crippen molar-refractivity contribution in [3.05, 3.63) is 36.6 Å². The highest BCUT2D eigenvalue weighted by atomic mass is 16.2. The summed E-state index contributed by atoms with van der Waals surface area (Å²) in [5.41, 5.74) is 0.838. The maximum atomic E-state index is 11.9. The van der Waals surface area contributed by atoms with Crippen molar-refractivity contribution >= 4 is 5.91 Å². The third-order valence-corrected chi connectivity index (χ3v) is 2.11. The maximum absolute atomic E-state index is 11.9. The average molecular weight is 221 g/mol. The summed E-state index contributed by atoms with van der Waals surface area (Å²) < 4.78 is 0. The van der Waals surface area contributed by atoms with Gasteiger partial charge >= 0.3 is 0 Å². The van der Waals surface area contributed by atoms with Crippen molar-refractivity contribution in [3.63, 3.8) is 0 Å². The molecule has 0 aromatic heterocycles. The van der Waals surface area contributed by atoms with Crippen LogP contribution in [0.4, 0.5) is 0 Å². The summed E-state index contributed by atoms with van der Waals surface area (Å²) in [5, 5.41) is 0. The van der Waals surface area contributed by atoms with Crippen molar-refractivity contribution in [2.24, 2.45) is 5.41 Å². The van der Waals surface area contributed by atoms with Gasteiger partial charge in [-0.1, -0.05) is 39.5 Å². The van der Waals surface area contributed by atoms with E-state index in [4.69, 9.17) is 0 Å². The summed E-state index contributed by atoms with van der Waals surface area (Å²) in [6, 6.07) is 0. The molecule has 0 saturated carbocycles. The van der Waals surface area contributed by atoms with Crippen LogP contribution in [0, 0.1) is 5.41 Å². The summed E-state index contributed by atoms with van der Waals surface area (Å²) >= 11 is 0. The van der Waals surface area contributed by atoms with Gasteiger partial charge in [0, 0.05) is 19.2 Å². The van der Waals surface area contributed by atoms with Gasteiger partial charge in [0.15, 0.2) is 0 Å². The molecule has 0 heterocycles. The molecule has 0 aliphatic carbocycles. The molecule has 0 aromatic rings. The highest BCUT2D eigenvalue weighted by Crippen LogP contribution is 2.20. The quantitative estimate of drug-likeness (QED) is 0.665. The molecule has 0 rings (SSSR count). The summed E-state index contributed by atoms with van der Waals surface area (Å²) in [6.45, 7) is 11.8. The van der Waals surface area contributed by atoms with Crippen LogP contribution in [0.2, 0.25) is 0 Å². The number of rotatable bonds is 4. The fourth-order valence-corrected chi connectivity index (χ4v) is 1.23. The van der Waals surface area contributed by atoms with Gasteiger partial charge in [0.1, 0.15) is 0 Å². The Morgan fingerprint density at radius 3 is 2.31 bits per heavy atom. The Kier molecular flexibility index (Phi) is 5.79. The number of nitrogens with zero attached hydrogens (tertiary/aromatic N) is 1. The first kappa shape index (κ1) is 14.7. The first-order valence-electron chi connectivity index (χ1n) is 5.54. The zero-order chi connectivity index (χ0) is 12.8. The average Bonchev–Trinajstić information content (AvgIpc) is 2.16. The van der Waals surface area contributed by atoms with Crippen LogP contribution in [0.1, 0.15) is 34.1 Å². The van der Waals surface area contributed by atoms with Gasteiger partial charge in [0.05, 0.1) is 0 Å². The van der Waals surface area contributed by atoms with Crippen LogP contribution in [0.5, 0.6) is 0 Å². The van der Waals surface area contributed by atoms with Gasteiger partial charge < -0.3 is 4.90 Å². The molecule has 0 spiro atoms. The second-order valence-electron chi connectivity index (χ2n) is 5.01. The largest absolute Gasteiger partial charge is 0.316 e. The monoisotopic (exact) mass is 221 g/mol. The first-order valence-corrected chi connectivity index (χ1v) is 5.54. The predicted octanol–water partition coefficient (Wildman–Crippen LogP) is 3.53. The summed E-state index contributed by atoms with van der Waals surface area (Å²) in [7, 11) is 1.78. The van der Waals surface area contributed by atoms with Gasteiger partial charge in [0.2, 0.25) is 5.91 Å². The van der Waals surface area contributed by atoms with Crippen LogP contribution >= 0.6 is 0 Å². The summed E-state index contributed by atoms with van der Waals surface area (Å²) in [4.78, 5) is 13.6. The highest BCUT2D eigenvalue weighted by molar-refractivity contribution is 5.78. The third kappa shape index (κ3) is 5.54. The summed E-state index contributed by atoms with van der Waals surface area (Å²) in [6.07, 6.45) is 7.93. The lowest BCUT2D eigenvalue weighted by Gasteiger charge is -2.23. The molecular weight excluding hydrogens is 198 g/mol. The Balaban J connectivity index is 4.70. The molecule has 0 saturated heterocycles. The molecule has 0 aliphatic heterocycles. The number of hydrogen-bond donors (Lipinski definition) is 0. The molecule has 0 aliphatic rings. The first-order chi connectivity index (χ1) is 7.31. The Labute approximate surface area is 99.3 Å². The SMILES string of the molecule is C=C/C(=C\C=C\C)N(C)C(=O)CC(C)(C)C. The molecule has 16 heavy (non-hydrogen) atoms. The zero-order valence-corrected chi connectivity index (χ0v) is 11.1. The molecule has 0 bridgehead atoms. The number of likely N-dealkylation sites (N-methyl/N-ethyl adjacent to an activating group) is 1. The molecular formula is C14H23NO. The van der Waals surface area contributed by atoms with Crippen molar-refractivity contribution in [2.45, 2.75) is 34.1 Å². The van der Waals surface area contributed by atoms with E-state index in [1.54, 1.807) is 18.0 Å². The van der Waals surface area contributed by atoms with Gasteiger partial charge in [-0.05, 0) is 24.5 Å². The van der Waals surface area contributed by atoms with E-state index in [-0.39, 0.29) is 11.3 Å². The van der Waals surface area contributed by atoms with E-state index in [2.05, 4.69) is 27.4 Å². The topological polar surface area (TPSA) is 20.3 Å². The van der Waals surface area contributed by atoms with Crippen molar-refractivity contribution < 1.29 is 4.79 Å². The van der Waals surface area contributed by atoms with E-state index in [9.17, 15) is 4.79 Å². The van der Waals surface area contributed by atoms with E-state index in [1.807, 2.05) is 25.2 Å². The van der Waals surface area contributed by atoms with E-state index in [0.717, 1.165) is 5.70 Å². The van der Waals surface area contributed by atoms with Crippen LogP contribution < -0.4 is 0 Å². The Morgan fingerprint density at radius 1 is 1.38 bits per heavy atom. The standard InChI is InChI=1S/C14H23NO/c1-7-9-10-12(8-2)15(6)13(16)11-14(3,4)5/h7-10H,2,11H2,1,3-6H3/b9-7+,12-10+. The molecule has 2 heteroatoms. The number of carbonyl (C=O) groups excluding carboxylic acids is 1. The Morgan fingerprint density at radius 2 is 1.94 bits per heavy atom. The molecule has 90 valence electrons. The van der Waals surface area contributed by atoms with E-state index < -0.39 is 0 Å². The van der Waals surface area contributed by atoms with Crippen LogP contribution in [0.15, 0.2) is 36.6 Å². The minimum Gasteiger partial charge on any atom is -0.316 e. The number of hydrogen-bond acceptors (Lipinski definition) is 1. The molecule has 0 radical (unpaired) electrons. The molecule has 0 unspecified atom stereocenters. The van der Waals surface area contributed by atoms with Crippen molar-refractivity contribution in [3.8, 4) is 0 Å². The van der Waals surface area contributed by atoms with Crippen molar-refractivity contribution in [2.75, 3.05) is 7.05 Å². The fourth-order valence-electron chi connectivity index (χ4n) is 1.23. The van der Waals surface area contributed by atoms with Crippen molar-refractivity contribution in [1.82, 2.24) is 4.90 Å². The van der Waals surface area contributed by atoms with E-state index >= 15 is 0 Å². The Bertz CT molecular complexity index is 305. The Hall–Kier alpha value is -1.31. The second-order valence-corrected chi connectivity index (χ2v) is 5.01. The zero-order valence-electron chi connectivity index (χ0n) is 11.1. The lowest BCUT2D eigenvalue weighted by atomic mass is 9.91. The number of amides is 1. The molecule has 1 amide bonds. The van der Waals surface area contributed by atoms with Gasteiger partial charge in [-0.2, -0.15) is 0 Å². The summed E-state index contributed by atoms with van der Waals surface area (Å²) in [5.74, 6) is 0.114. The van der Waals surface area contributed by atoms with Crippen LogP contribution in [-0.2, 0) is 4.79 Å². The normalized spacial score (nSPS) is 12.9. The third-order valence-electron chi connectivity index (χ3n) is 2.11. The van der Waals surface area contributed by atoms with Crippen LogP contribution in [-0.4, -0.2) is 17.9 Å². The van der Waals surface area contributed by atoms with Crippen LogP contribution in [0.25, 0.3) is 0 Å². The van der Waals surface area contributed by atoms with E-state index in [0.29, 0.717) is 6.42 Å². The van der Waals surface area contributed by atoms with Gasteiger partial charge in [-0.15, -0.1) is 0 Å². The van der Waals surface area contributed by atoms with Gasteiger partial charge in [-0.25, -0.2) is 0 Å². The lowest BCUT2D eigenvalue weighted by Crippen LogP contribution is -2.28. The van der Waals surface area contributed by atoms with E-state index in [1.165, 1.54) is 0 Å². The molecule has 0 fully saturated rings. The number of allylic oxidation sites excluding steroid dienone is 4. The second kappa shape index (κ2) is 6.31. The van der Waals surface area contributed by atoms with Gasteiger partial charge in [0.25, 0.3) is 0 Å². The molecule has 2 nitrogen and oxygen atoms in total. The molecule has 0 aromatic carbocycles. The maximum Gasteiger partial charge on any atom is 0.227 e. The van der Waals surface area contributed by atoms with Crippen molar-refractivity contribution in [1.29, 1.82) is 0 Å². The fraction of sp³-hybridized carbons (Fsp3) is 0.500. The smallest absolute Gasteiger partial charge is 0.227 e. The van der Waals surface area contributed by atoms with Gasteiger partial charge in [-0.3, -0.25) is 4.79 Å². The van der Waals surface area contributed by atoms with Crippen LogP contribution in [0.3, 0.4) is 0 Å². The highest BCUT2D eigenvalue weighted by Gasteiger charge is 2.19. The minimum absolute atomic E-state index is 0.0121. The lowest BCUT2D eigenvalue weighted by molar-refractivity contribution is -0.129. The minimum atomic E-state index is 0.0121. The molecule has 0 N–H and O–H groups in total. The predicted molar refractivity (Wildman–Crippen MR) is 69.9 cm³/mol. The molecule has 0 atom stereocenters.